The molecule has 2 fully saturated rings. The Bertz CT molecular complexity index is 789. The van der Waals surface area contributed by atoms with Crippen LogP contribution in [0.3, 0.4) is 0 Å². The Morgan fingerprint density at radius 3 is 2.71 bits per heavy atom. The molecular weight excluding hydrogens is 298 g/mol. The highest BCUT2D eigenvalue weighted by atomic mass is 16.1. The Labute approximate surface area is 143 Å². The topological polar surface area (TPSA) is 45.2 Å². The number of fused-ring (bicyclic) bond motifs is 2. The quantitative estimate of drug-likeness (QED) is 0.943. The van der Waals surface area contributed by atoms with Gasteiger partial charge in [-0.1, -0.05) is 11.6 Å². The lowest BCUT2D eigenvalue weighted by molar-refractivity contribution is 0.0921. The first kappa shape index (κ1) is 15.6. The third-order valence-corrected chi connectivity index (χ3v) is 5.73. The van der Waals surface area contributed by atoms with Crippen molar-refractivity contribution in [3.63, 3.8) is 0 Å². The number of hydrogen-bond donors (Lipinski definition) is 1. The minimum atomic E-state index is 0.0317. The summed E-state index contributed by atoms with van der Waals surface area (Å²) in [4.78, 5) is 20.0. The average molecular weight is 323 g/mol. The third kappa shape index (κ3) is 2.59. The van der Waals surface area contributed by atoms with Gasteiger partial charge in [0.15, 0.2) is 0 Å². The van der Waals surface area contributed by atoms with Crippen molar-refractivity contribution in [1.82, 2.24) is 15.2 Å². The van der Waals surface area contributed by atoms with Crippen LogP contribution in [0.1, 0.15) is 47.3 Å². The van der Waals surface area contributed by atoms with Crippen LogP contribution in [0, 0.1) is 13.8 Å². The van der Waals surface area contributed by atoms with Crippen molar-refractivity contribution in [2.75, 3.05) is 19.6 Å². The number of carbonyl (C=O) groups excluding carboxylic acids is 1. The van der Waals surface area contributed by atoms with E-state index in [0.717, 1.165) is 34.3 Å². The fourth-order valence-electron chi connectivity index (χ4n) is 4.51. The van der Waals surface area contributed by atoms with E-state index < -0.39 is 0 Å². The maximum atomic E-state index is 12.9. The highest BCUT2D eigenvalue weighted by molar-refractivity contribution is 6.06. The molecule has 0 radical (unpaired) electrons. The van der Waals surface area contributed by atoms with E-state index >= 15 is 0 Å². The summed E-state index contributed by atoms with van der Waals surface area (Å²) in [5.74, 6) is 0.0317. The van der Waals surface area contributed by atoms with Crippen molar-refractivity contribution in [2.45, 2.75) is 45.1 Å². The molecule has 0 saturated carbocycles. The van der Waals surface area contributed by atoms with Gasteiger partial charge >= 0.3 is 0 Å². The third-order valence-electron chi connectivity index (χ3n) is 5.73. The van der Waals surface area contributed by atoms with E-state index in [2.05, 4.69) is 28.2 Å². The Kier molecular flexibility index (Phi) is 3.80. The van der Waals surface area contributed by atoms with Gasteiger partial charge in [0, 0.05) is 23.2 Å². The summed E-state index contributed by atoms with van der Waals surface area (Å²) in [5.41, 5.74) is 3.90. The van der Waals surface area contributed by atoms with Gasteiger partial charge in [-0.2, -0.15) is 0 Å². The summed E-state index contributed by atoms with van der Waals surface area (Å²) >= 11 is 0. The van der Waals surface area contributed by atoms with Crippen molar-refractivity contribution >= 4 is 16.8 Å². The summed E-state index contributed by atoms with van der Waals surface area (Å²) in [6.45, 7) is 7.14. The Balaban J connectivity index is 1.60. The lowest BCUT2D eigenvalue weighted by Crippen LogP contribution is -2.48. The number of aryl methyl sites for hydroxylation is 2. The molecule has 1 aromatic carbocycles. The molecule has 2 saturated heterocycles. The molecule has 1 N–H and O–H groups in total. The van der Waals surface area contributed by atoms with Gasteiger partial charge in [0.1, 0.15) is 0 Å². The number of hydrogen-bond acceptors (Lipinski definition) is 3. The molecule has 2 aliphatic rings. The molecule has 126 valence electrons. The molecule has 24 heavy (non-hydrogen) atoms. The van der Waals surface area contributed by atoms with Crippen molar-refractivity contribution < 1.29 is 4.79 Å². The molecule has 4 nitrogen and oxygen atoms in total. The number of nitrogens with zero attached hydrogens (tertiary/aromatic N) is 2. The summed E-state index contributed by atoms with van der Waals surface area (Å²) in [5, 5.41) is 4.18. The first-order chi connectivity index (χ1) is 11.6. The molecule has 3 heterocycles. The van der Waals surface area contributed by atoms with Crippen LogP contribution in [0.4, 0.5) is 0 Å². The number of benzene rings is 1. The second-order valence-electron chi connectivity index (χ2n) is 7.43. The summed E-state index contributed by atoms with van der Waals surface area (Å²) in [6.07, 6.45) is 4.93. The van der Waals surface area contributed by atoms with Gasteiger partial charge in [-0.15, -0.1) is 0 Å². The van der Waals surface area contributed by atoms with Gasteiger partial charge in [-0.3, -0.25) is 14.7 Å². The first-order valence-electron chi connectivity index (χ1n) is 8.99. The number of amides is 1. The minimum Gasteiger partial charge on any atom is -0.350 e. The fourth-order valence-corrected chi connectivity index (χ4v) is 4.51. The van der Waals surface area contributed by atoms with E-state index in [-0.39, 0.29) is 11.4 Å². The molecule has 0 unspecified atom stereocenters. The number of pyridine rings is 1. The molecule has 0 bridgehead atoms. The van der Waals surface area contributed by atoms with E-state index in [1.807, 2.05) is 25.1 Å². The Morgan fingerprint density at radius 1 is 1.21 bits per heavy atom. The van der Waals surface area contributed by atoms with Crippen molar-refractivity contribution in [2.24, 2.45) is 0 Å². The minimum absolute atomic E-state index is 0.0317. The predicted octanol–water partition coefficient (Wildman–Crippen LogP) is 3.21. The van der Waals surface area contributed by atoms with Gasteiger partial charge in [0.2, 0.25) is 0 Å². The number of nitrogens with one attached hydrogen (secondary N) is 1. The second kappa shape index (κ2) is 5.85. The maximum Gasteiger partial charge on any atom is 0.252 e. The van der Waals surface area contributed by atoms with Crippen LogP contribution in [0.25, 0.3) is 10.9 Å². The van der Waals surface area contributed by atoms with Crippen LogP contribution in [0.5, 0.6) is 0 Å². The standard InChI is InChI=1S/C20H25N3O/c1-14-5-6-18-16(11-14)17(12-15(2)22-18)19(24)21-13-20-7-3-9-23(20)10-4-8-20/h5-6,11-12H,3-4,7-10,13H2,1-2H3,(H,21,24). The van der Waals surface area contributed by atoms with Crippen molar-refractivity contribution in [3.05, 3.63) is 41.1 Å². The zero-order chi connectivity index (χ0) is 16.7. The molecule has 1 amide bonds. The smallest absolute Gasteiger partial charge is 0.252 e. The molecular formula is C20H25N3O. The van der Waals surface area contributed by atoms with Crippen LogP contribution in [-0.2, 0) is 0 Å². The normalized spacial score (nSPS) is 19.6. The molecule has 4 heteroatoms. The van der Waals surface area contributed by atoms with Crippen LogP contribution in [-0.4, -0.2) is 41.0 Å². The summed E-state index contributed by atoms with van der Waals surface area (Å²) < 4.78 is 0. The molecule has 2 aliphatic heterocycles. The van der Waals surface area contributed by atoms with E-state index in [1.165, 1.54) is 38.8 Å². The number of carbonyl (C=O) groups is 1. The zero-order valence-corrected chi connectivity index (χ0v) is 14.6. The van der Waals surface area contributed by atoms with E-state index in [1.54, 1.807) is 0 Å². The first-order valence-corrected chi connectivity index (χ1v) is 8.99. The number of rotatable bonds is 3. The highest BCUT2D eigenvalue weighted by Crippen LogP contribution is 2.38. The summed E-state index contributed by atoms with van der Waals surface area (Å²) in [7, 11) is 0. The highest BCUT2D eigenvalue weighted by Gasteiger charge is 2.44. The molecule has 0 atom stereocenters. The maximum absolute atomic E-state index is 12.9. The van der Waals surface area contributed by atoms with Crippen LogP contribution >= 0.6 is 0 Å². The lowest BCUT2D eigenvalue weighted by atomic mass is 9.94. The van der Waals surface area contributed by atoms with Crippen LogP contribution in [0.15, 0.2) is 24.3 Å². The van der Waals surface area contributed by atoms with Crippen LogP contribution < -0.4 is 5.32 Å². The SMILES string of the molecule is Cc1ccc2nc(C)cc(C(=O)NCC34CCCN3CCC4)c2c1. The van der Waals surface area contributed by atoms with Gasteiger partial charge in [-0.05, 0) is 70.8 Å². The molecule has 4 rings (SSSR count). The monoisotopic (exact) mass is 323 g/mol. The van der Waals surface area contributed by atoms with Crippen molar-refractivity contribution in [3.8, 4) is 0 Å². The number of aromatic nitrogens is 1. The Hall–Kier alpha value is -1.94. The van der Waals surface area contributed by atoms with E-state index in [4.69, 9.17) is 0 Å². The molecule has 1 aromatic heterocycles. The van der Waals surface area contributed by atoms with E-state index in [0.29, 0.717) is 0 Å². The van der Waals surface area contributed by atoms with Gasteiger partial charge < -0.3 is 5.32 Å². The molecule has 2 aromatic rings. The lowest BCUT2D eigenvalue weighted by Gasteiger charge is -2.32. The van der Waals surface area contributed by atoms with Crippen molar-refractivity contribution in [1.29, 1.82) is 0 Å². The predicted molar refractivity (Wildman–Crippen MR) is 96.3 cm³/mol. The fraction of sp³-hybridized carbons (Fsp3) is 0.500. The summed E-state index contributed by atoms with van der Waals surface area (Å²) in [6, 6.07) is 8.02. The molecule has 0 aliphatic carbocycles. The Morgan fingerprint density at radius 2 is 1.96 bits per heavy atom. The second-order valence-corrected chi connectivity index (χ2v) is 7.43. The largest absolute Gasteiger partial charge is 0.350 e. The van der Waals surface area contributed by atoms with E-state index in [9.17, 15) is 4.79 Å². The molecule has 0 spiro atoms. The van der Waals surface area contributed by atoms with Gasteiger partial charge in [0.25, 0.3) is 5.91 Å². The van der Waals surface area contributed by atoms with Gasteiger partial charge in [-0.25, -0.2) is 0 Å². The average Bonchev–Trinajstić information content (AvgIpc) is 3.12. The van der Waals surface area contributed by atoms with Gasteiger partial charge in [0.05, 0.1) is 11.1 Å². The zero-order valence-electron chi connectivity index (χ0n) is 14.6. The van der Waals surface area contributed by atoms with Crippen LogP contribution in [0.2, 0.25) is 0 Å².